The summed E-state index contributed by atoms with van der Waals surface area (Å²) in [6, 6.07) is 4.85. The smallest absolute Gasteiger partial charge is 0.391 e. The van der Waals surface area contributed by atoms with Crippen molar-refractivity contribution in [2.24, 2.45) is 5.92 Å². The predicted molar refractivity (Wildman–Crippen MR) is 85.4 cm³/mol. The first-order chi connectivity index (χ1) is 11.4. The number of aryl methyl sites for hydroxylation is 1. The molecule has 0 bridgehead atoms. The number of carbonyl (C=O) groups excluding carboxylic acids is 1. The lowest BCUT2D eigenvalue weighted by atomic mass is 9.85. The molecule has 0 saturated heterocycles. The van der Waals surface area contributed by atoms with E-state index >= 15 is 0 Å². The summed E-state index contributed by atoms with van der Waals surface area (Å²) in [5.74, 6) is 0.0683. The van der Waals surface area contributed by atoms with Crippen molar-refractivity contribution in [3.8, 4) is 0 Å². The average molecular weight is 343 g/mol. The molecule has 1 aliphatic carbocycles. The van der Waals surface area contributed by atoms with Crippen molar-refractivity contribution >= 4 is 5.91 Å². The fourth-order valence-electron chi connectivity index (χ4n) is 3.11. The highest BCUT2D eigenvalue weighted by molar-refractivity contribution is 5.76. The monoisotopic (exact) mass is 343 g/mol. The predicted octanol–water partition coefficient (Wildman–Crippen LogP) is 3.70. The quantitative estimate of drug-likeness (QED) is 0.827. The van der Waals surface area contributed by atoms with Gasteiger partial charge in [0.2, 0.25) is 5.91 Å². The van der Waals surface area contributed by atoms with Crippen LogP contribution in [0.15, 0.2) is 24.3 Å². The Labute approximate surface area is 140 Å². The Morgan fingerprint density at radius 3 is 2.38 bits per heavy atom. The first-order valence-electron chi connectivity index (χ1n) is 8.47. The number of halogens is 3. The van der Waals surface area contributed by atoms with E-state index in [1.807, 2.05) is 0 Å². The van der Waals surface area contributed by atoms with Gasteiger partial charge in [-0.15, -0.1) is 0 Å². The second-order valence-corrected chi connectivity index (χ2v) is 6.46. The molecule has 1 fully saturated rings. The van der Waals surface area contributed by atoms with Crippen LogP contribution in [-0.4, -0.2) is 23.7 Å². The molecule has 1 aliphatic rings. The summed E-state index contributed by atoms with van der Waals surface area (Å²) < 4.78 is 37.4. The Bertz CT molecular complexity index is 522. The molecule has 0 heterocycles. The van der Waals surface area contributed by atoms with Gasteiger partial charge < -0.3 is 10.4 Å². The first kappa shape index (κ1) is 18.8. The van der Waals surface area contributed by atoms with Gasteiger partial charge in [0, 0.05) is 13.0 Å². The van der Waals surface area contributed by atoms with Gasteiger partial charge in [-0.1, -0.05) is 31.4 Å². The van der Waals surface area contributed by atoms with Crippen LogP contribution in [0.5, 0.6) is 0 Å². The molecule has 1 saturated carbocycles. The molecule has 3 nitrogen and oxygen atoms in total. The second-order valence-electron chi connectivity index (χ2n) is 6.46. The van der Waals surface area contributed by atoms with E-state index in [9.17, 15) is 23.1 Å². The third-order valence-corrected chi connectivity index (χ3v) is 4.62. The minimum Gasteiger partial charge on any atom is -0.391 e. The van der Waals surface area contributed by atoms with Crippen LogP contribution in [0.2, 0.25) is 0 Å². The van der Waals surface area contributed by atoms with Crippen LogP contribution in [0.1, 0.15) is 49.7 Å². The van der Waals surface area contributed by atoms with Crippen molar-refractivity contribution in [3.05, 3.63) is 35.4 Å². The lowest BCUT2D eigenvalue weighted by Gasteiger charge is -2.26. The van der Waals surface area contributed by atoms with Crippen molar-refractivity contribution in [1.29, 1.82) is 0 Å². The molecule has 6 heteroatoms. The Kier molecular flexibility index (Phi) is 6.66. The van der Waals surface area contributed by atoms with Gasteiger partial charge >= 0.3 is 6.18 Å². The van der Waals surface area contributed by atoms with Crippen LogP contribution in [0.4, 0.5) is 13.2 Å². The molecule has 1 aromatic rings. The lowest BCUT2D eigenvalue weighted by molar-refractivity contribution is -0.137. The molecular weight excluding hydrogens is 319 g/mol. The van der Waals surface area contributed by atoms with Crippen LogP contribution >= 0.6 is 0 Å². The zero-order valence-corrected chi connectivity index (χ0v) is 13.6. The summed E-state index contributed by atoms with van der Waals surface area (Å²) >= 11 is 0. The minimum atomic E-state index is -4.34. The number of rotatable bonds is 6. The van der Waals surface area contributed by atoms with E-state index < -0.39 is 17.8 Å². The molecule has 0 aliphatic heterocycles. The van der Waals surface area contributed by atoms with Crippen LogP contribution in [0.3, 0.4) is 0 Å². The van der Waals surface area contributed by atoms with Crippen LogP contribution in [0.25, 0.3) is 0 Å². The number of benzene rings is 1. The Morgan fingerprint density at radius 2 is 1.79 bits per heavy atom. The maximum Gasteiger partial charge on any atom is 0.416 e. The molecule has 134 valence electrons. The molecule has 2 N–H and O–H groups in total. The molecule has 24 heavy (non-hydrogen) atoms. The third-order valence-electron chi connectivity index (χ3n) is 4.62. The highest BCUT2D eigenvalue weighted by Crippen LogP contribution is 2.29. The Balaban J connectivity index is 1.71. The van der Waals surface area contributed by atoms with E-state index in [1.165, 1.54) is 18.6 Å². The van der Waals surface area contributed by atoms with Crippen molar-refractivity contribution < 1.29 is 23.1 Å². The molecular formula is C18H24F3NO2. The zero-order valence-electron chi connectivity index (χ0n) is 13.6. The summed E-state index contributed by atoms with van der Waals surface area (Å²) in [6.07, 6.45) is 1.19. The SMILES string of the molecule is O=C(CCc1ccc(C(F)(F)F)cc1)NC[C@H](O)C1CCCCC1. The minimum absolute atomic E-state index is 0.190. The largest absolute Gasteiger partial charge is 0.416 e. The van der Waals surface area contributed by atoms with Crippen LogP contribution in [-0.2, 0) is 17.4 Å². The van der Waals surface area contributed by atoms with Gasteiger partial charge in [-0.05, 0) is 42.9 Å². The van der Waals surface area contributed by atoms with Crippen LogP contribution < -0.4 is 5.32 Å². The summed E-state index contributed by atoms with van der Waals surface area (Å²) in [5, 5.41) is 12.8. The van der Waals surface area contributed by atoms with E-state index in [4.69, 9.17) is 0 Å². The lowest BCUT2D eigenvalue weighted by Crippen LogP contribution is -2.37. The number of nitrogens with one attached hydrogen (secondary N) is 1. The molecule has 2 rings (SSSR count). The second kappa shape index (κ2) is 8.51. The van der Waals surface area contributed by atoms with Gasteiger partial charge in [0.15, 0.2) is 0 Å². The van der Waals surface area contributed by atoms with Gasteiger partial charge in [0.1, 0.15) is 0 Å². The highest BCUT2D eigenvalue weighted by atomic mass is 19.4. The van der Waals surface area contributed by atoms with Crippen molar-refractivity contribution in [1.82, 2.24) is 5.32 Å². The van der Waals surface area contributed by atoms with Gasteiger partial charge in [-0.3, -0.25) is 4.79 Å². The number of aliphatic hydroxyl groups excluding tert-OH is 1. The van der Waals surface area contributed by atoms with Crippen LogP contribution in [0, 0.1) is 5.92 Å². The molecule has 0 spiro atoms. The van der Waals surface area contributed by atoms with Gasteiger partial charge in [-0.2, -0.15) is 13.2 Å². The summed E-state index contributed by atoms with van der Waals surface area (Å²) in [7, 11) is 0. The fraction of sp³-hybridized carbons (Fsp3) is 0.611. The van der Waals surface area contributed by atoms with E-state index in [2.05, 4.69) is 5.32 Å². The maximum atomic E-state index is 12.5. The molecule has 1 aromatic carbocycles. The summed E-state index contributed by atoms with van der Waals surface area (Å²) in [4.78, 5) is 11.8. The number of carbonyl (C=O) groups is 1. The van der Waals surface area contributed by atoms with Gasteiger partial charge in [-0.25, -0.2) is 0 Å². The Hall–Kier alpha value is -1.56. The summed E-state index contributed by atoms with van der Waals surface area (Å²) in [5.41, 5.74) is -0.00251. The summed E-state index contributed by atoms with van der Waals surface area (Å²) in [6.45, 7) is 0.247. The van der Waals surface area contributed by atoms with Crippen molar-refractivity contribution in [2.45, 2.75) is 57.2 Å². The average Bonchev–Trinajstić information content (AvgIpc) is 2.58. The number of amides is 1. The zero-order chi connectivity index (χ0) is 17.6. The van der Waals surface area contributed by atoms with E-state index in [0.29, 0.717) is 12.0 Å². The normalized spacial score (nSPS) is 17.5. The highest BCUT2D eigenvalue weighted by Gasteiger charge is 2.29. The number of hydrogen-bond donors (Lipinski definition) is 2. The molecule has 0 unspecified atom stereocenters. The fourth-order valence-corrected chi connectivity index (χ4v) is 3.11. The first-order valence-corrected chi connectivity index (χ1v) is 8.47. The maximum absolute atomic E-state index is 12.5. The van der Waals surface area contributed by atoms with Gasteiger partial charge in [0.25, 0.3) is 0 Å². The van der Waals surface area contributed by atoms with Gasteiger partial charge in [0.05, 0.1) is 11.7 Å². The van der Waals surface area contributed by atoms with Crippen molar-refractivity contribution in [3.63, 3.8) is 0 Å². The standard InChI is InChI=1S/C18H24F3NO2/c19-18(20,21)15-9-6-13(7-10-15)8-11-17(24)22-12-16(23)14-4-2-1-3-5-14/h6-7,9-10,14,16,23H,1-5,8,11-12H2,(H,22,24)/t16-/m0/s1. The van der Waals surface area contributed by atoms with Crippen molar-refractivity contribution in [2.75, 3.05) is 6.54 Å². The number of hydrogen-bond acceptors (Lipinski definition) is 2. The molecule has 0 radical (unpaired) electrons. The Morgan fingerprint density at radius 1 is 1.17 bits per heavy atom. The third kappa shape index (κ3) is 5.82. The molecule has 1 amide bonds. The van der Waals surface area contributed by atoms with E-state index in [-0.39, 0.29) is 24.8 Å². The number of aliphatic hydroxyl groups is 1. The van der Waals surface area contributed by atoms with E-state index in [1.54, 1.807) is 0 Å². The topological polar surface area (TPSA) is 49.3 Å². The molecule has 1 atom stereocenters. The molecule has 0 aromatic heterocycles. The number of alkyl halides is 3. The van der Waals surface area contributed by atoms with E-state index in [0.717, 1.165) is 37.8 Å².